The standard InChI is InChI=1S/C23H25FO3/c1-27-20-15-22(16-7-8-16,17-9-11-19(24)12-10-17)13-14-23(20,21(25)26)18-5-3-2-4-6-18/h2-6,9-12,16,20H,7-8,13-15H2,1H3,(H,25,26). The first-order valence-corrected chi connectivity index (χ1v) is 9.61. The summed E-state index contributed by atoms with van der Waals surface area (Å²) in [6.07, 6.45) is 3.76. The third-order valence-corrected chi connectivity index (χ3v) is 6.80. The lowest BCUT2D eigenvalue weighted by molar-refractivity contribution is -0.155. The molecule has 0 aromatic heterocycles. The van der Waals surface area contributed by atoms with E-state index in [4.69, 9.17) is 4.74 Å². The fraction of sp³-hybridized carbons (Fsp3) is 0.435. The molecule has 0 saturated heterocycles. The monoisotopic (exact) mass is 368 g/mol. The van der Waals surface area contributed by atoms with Gasteiger partial charge in [0.05, 0.1) is 6.10 Å². The fourth-order valence-corrected chi connectivity index (χ4v) is 5.19. The fourth-order valence-electron chi connectivity index (χ4n) is 5.19. The van der Waals surface area contributed by atoms with Crippen molar-refractivity contribution in [2.45, 2.75) is 49.0 Å². The first-order chi connectivity index (χ1) is 13.0. The minimum atomic E-state index is -1.05. The van der Waals surface area contributed by atoms with E-state index in [0.717, 1.165) is 30.4 Å². The maximum atomic E-state index is 13.5. The smallest absolute Gasteiger partial charge is 0.316 e. The van der Waals surface area contributed by atoms with Gasteiger partial charge in [-0.1, -0.05) is 42.5 Å². The molecule has 0 radical (unpaired) electrons. The summed E-state index contributed by atoms with van der Waals surface area (Å²) < 4.78 is 19.3. The molecule has 2 aromatic carbocycles. The molecule has 3 nitrogen and oxygen atoms in total. The lowest BCUT2D eigenvalue weighted by atomic mass is 9.56. The number of carboxylic acids is 1. The zero-order valence-electron chi connectivity index (χ0n) is 15.5. The van der Waals surface area contributed by atoms with Gasteiger partial charge >= 0.3 is 5.97 Å². The van der Waals surface area contributed by atoms with Crippen molar-refractivity contribution in [2.75, 3.05) is 7.11 Å². The van der Waals surface area contributed by atoms with E-state index in [1.165, 1.54) is 12.1 Å². The largest absolute Gasteiger partial charge is 0.481 e. The number of ether oxygens (including phenoxy) is 1. The van der Waals surface area contributed by atoms with Crippen molar-refractivity contribution in [3.8, 4) is 0 Å². The van der Waals surface area contributed by atoms with Crippen molar-refractivity contribution in [1.82, 2.24) is 0 Å². The number of hydrogen-bond donors (Lipinski definition) is 1. The molecule has 3 unspecified atom stereocenters. The van der Waals surface area contributed by atoms with Crippen LogP contribution in [0, 0.1) is 11.7 Å². The second-order valence-electron chi connectivity index (χ2n) is 8.01. The molecule has 3 atom stereocenters. The highest BCUT2D eigenvalue weighted by Crippen LogP contribution is 2.59. The van der Waals surface area contributed by atoms with Gasteiger partial charge in [-0.2, -0.15) is 0 Å². The van der Waals surface area contributed by atoms with Gasteiger partial charge in [-0.25, -0.2) is 4.39 Å². The highest BCUT2D eigenvalue weighted by atomic mass is 19.1. The van der Waals surface area contributed by atoms with Crippen LogP contribution in [0.15, 0.2) is 54.6 Å². The SMILES string of the molecule is COC1CC(c2ccc(F)cc2)(C2CC2)CCC1(C(=O)O)c1ccccc1. The maximum Gasteiger partial charge on any atom is 0.316 e. The molecule has 2 aliphatic rings. The van der Waals surface area contributed by atoms with Crippen molar-refractivity contribution in [1.29, 1.82) is 0 Å². The van der Waals surface area contributed by atoms with E-state index in [9.17, 15) is 14.3 Å². The van der Waals surface area contributed by atoms with Gasteiger partial charge in [-0.3, -0.25) is 4.79 Å². The van der Waals surface area contributed by atoms with E-state index in [1.54, 1.807) is 7.11 Å². The van der Waals surface area contributed by atoms with Crippen molar-refractivity contribution < 1.29 is 19.0 Å². The molecular formula is C23H25FO3. The van der Waals surface area contributed by atoms with E-state index in [2.05, 4.69) is 0 Å². The average Bonchev–Trinajstić information content (AvgIpc) is 3.54. The van der Waals surface area contributed by atoms with Gasteiger partial charge < -0.3 is 9.84 Å². The lowest BCUT2D eigenvalue weighted by Gasteiger charge is -2.50. The van der Waals surface area contributed by atoms with E-state index in [1.807, 2.05) is 42.5 Å². The minimum absolute atomic E-state index is 0.137. The summed E-state index contributed by atoms with van der Waals surface area (Å²) >= 11 is 0. The molecule has 0 aliphatic heterocycles. The van der Waals surface area contributed by atoms with E-state index in [0.29, 0.717) is 18.8 Å². The molecule has 4 heteroatoms. The third-order valence-electron chi connectivity index (χ3n) is 6.80. The number of benzene rings is 2. The summed E-state index contributed by atoms with van der Waals surface area (Å²) in [6.45, 7) is 0. The molecule has 2 saturated carbocycles. The summed E-state index contributed by atoms with van der Waals surface area (Å²) in [5.74, 6) is -0.555. The second-order valence-corrected chi connectivity index (χ2v) is 8.01. The first-order valence-electron chi connectivity index (χ1n) is 9.61. The van der Waals surface area contributed by atoms with Crippen molar-refractivity contribution in [3.05, 3.63) is 71.5 Å². The zero-order chi connectivity index (χ0) is 19.1. The van der Waals surface area contributed by atoms with E-state index >= 15 is 0 Å². The topological polar surface area (TPSA) is 46.5 Å². The van der Waals surface area contributed by atoms with Gasteiger partial charge in [0, 0.05) is 12.5 Å². The van der Waals surface area contributed by atoms with Gasteiger partial charge in [-0.05, 0) is 61.3 Å². The van der Waals surface area contributed by atoms with Crippen LogP contribution < -0.4 is 0 Å². The Kier molecular flexibility index (Phi) is 4.55. The highest BCUT2D eigenvalue weighted by Gasteiger charge is 2.59. The molecule has 4 rings (SSSR count). The molecule has 2 fully saturated rings. The Morgan fingerprint density at radius 2 is 1.70 bits per heavy atom. The molecule has 142 valence electrons. The number of carboxylic acid groups (broad SMARTS) is 1. The number of hydrogen-bond acceptors (Lipinski definition) is 2. The molecule has 2 aliphatic carbocycles. The average molecular weight is 368 g/mol. The quantitative estimate of drug-likeness (QED) is 0.832. The van der Waals surface area contributed by atoms with Crippen LogP contribution in [0.2, 0.25) is 0 Å². The summed E-state index contributed by atoms with van der Waals surface area (Å²) in [7, 11) is 1.61. The molecule has 1 N–H and O–H groups in total. The summed E-state index contributed by atoms with van der Waals surface area (Å²) in [5, 5.41) is 10.2. The van der Waals surface area contributed by atoms with E-state index < -0.39 is 17.5 Å². The van der Waals surface area contributed by atoms with Crippen LogP contribution >= 0.6 is 0 Å². The summed E-state index contributed by atoms with van der Waals surface area (Å²) in [4.78, 5) is 12.5. The molecule has 0 heterocycles. The van der Waals surface area contributed by atoms with Crippen molar-refractivity contribution in [2.24, 2.45) is 5.92 Å². The second kappa shape index (κ2) is 6.75. The van der Waals surface area contributed by atoms with Crippen molar-refractivity contribution in [3.63, 3.8) is 0 Å². The maximum absolute atomic E-state index is 13.5. The predicted molar refractivity (Wildman–Crippen MR) is 101 cm³/mol. The first kappa shape index (κ1) is 18.2. The normalized spacial score (nSPS) is 30.8. The number of aliphatic carboxylic acids is 1. The van der Waals surface area contributed by atoms with Crippen molar-refractivity contribution >= 4 is 5.97 Å². The predicted octanol–water partition coefficient (Wildman–Crippen LogP) is 4.70. The highest BCUT2D eigenvalue weighted by molar-refractivity contribution is 5.82. The minimum Gasteiger partial charge on any atom is -0.481 e. The summed E-state index contributed by atoms with van der Waals surface area (Å²) in [6, 6.07) is 16.2. The van der Waals surface area contributed by atoms with Crippen LogP contribution in [0.1, 0.15) is 43.2 Å². The lowest BCUT2D eigenvalue weighted by Crippen LogP contribution is -2.55. The molecule has 0 spiro atoms. The van der Waals surface area contributed by atoms with Gasteiger partial charge in [-0.15, -0.1) is 0 Å². The number of halogens is 1. The van der Waals surface area contributed by atoms with Crippen LogP contribution in [0.3, 0.4) is 0 Å². The Hall–Kier alpha value is -2.20. The molecule has 0 amide bonds. The summed E-state index contributed by atoms with van der Waals surface area (Å²) in [5.41, 5.74) is 0.727. The molecular weight excluding hydrogens is 343 g/mol. The van der Waals surface area contributed by atoms with Crippen LogP contribution in [0.5, 0.6) is 0 Å². The van der Waals surface area contributed by atoms with Crippen LogP contribution in [-0.4, -0.2) is 24.3 Å². The Morgan fingerprint density at radius 3 is 2.26 bits per heavy atom. The van der Waals surface area contributed by atoms with Gasteiger partial charge in [0.15, 0.2) is 0 Å². The molecule has 27 heavy (non-hydrogen) atoms. The Balaban J connectivity index is 1.77. The number of carbonyl (C=O) groups is 1. The molecule has 0 bridgehead atoms. The third kappa shape index (κ3) is 2.87. The number of methoxy groups -OCH3 is 1. The van der Waals surface area contributed by atoms with Crippen LogP contribution in [0.25, 0.3) is 0 Å². The Morgan fingerprint density at radius 1 is 1.04 bits per heavy atom. The Labute approximate surface area is 159 Å². The zero-order valence-corrected chi connectivity index (χ0v) is 15.5. The van der Waals surface area contributed by atoms with Gasteiger partial charge in [0.2, 0.25) is 0 Å². The number of rotatable bonds is 5. The Bertz CT molecular complexity index is 815. The van der Waals surface area contributed by atoms with Crippen LogP contribution in [-0.2, 0) is 20.4 Å². The van der Waals surface area contributed by atoms with Gasteiger partial charge in [0.1, 0.15) is 11.2 Å². The molecule has 2 aromatic rings. The van der Waals surface area contributed by atoms with Crippen LogP contribution in [0.4, 0.5) is 4.39 Å². The van der Waals surface area contributed by atoms with E-state index in [-0.39, 0.29) is 11.2 Å². The van der Waals surface area contributed by atoms with Gasteiger partial charge in [0.25, 0.3) is 0 Å².